The van der Waals surface area contributed by atoms with Gasteiger partial charge in [0.25, 0.3) is 0 Å². The van der Waals surface area contributed by atoms with Crippen LogP contribution in [0.25, 0.3) is 0 Å². The topological polar surface area (TPSA) is 43.8 Å². The summed E-state index contributed by atoms with van der Waals surface area (Å²) in [5.41, 5.74) is 2.20. The van der Waals surface area contributed by atoms with Crippen molar-refractivity contribution in [1.82, 2.24) is 9.80 Å². The zero-order valence-electron chi connectivity index (χ0n) is 17.5. The molecule has 0 unspecified atom stereocenters. The van der Waals surface area contributed by atoms with Gasteiger partial charge in [-0.15, -0.1) is 0 Å². The summed E-state index contributed by atoms with van der Waals surface area (Å²) in [6, 6.07) is 6.04. The molecule has 4 nitrogen and oxygen atoms in total. The number of benzene rings is 1. The van der Waals surface area contributed by atoms with E-state index in [-0.39, 0.29) is 23.4 Å². The average molecular weight is 361 g/mol. The van der Waals surface area contributed by atoms with Crippen molar-refractivity contribution in [3.05, 3.63) is 29.3 Å². The molecule has 2 rings (SSSR count). The number of carbonyl (C=O) groups excluding carboxylic acids is 1. The molecule has 0 radical (unpaired) electrons. The molecule has 1 N–H and O–H groups in total. The van der Waals surface area contributed by atoms with Crippen molar-refractivity contribution in [3.63, 3.8) is 0 Å². The van der Waals surface area contributed by atoms with Crippen LogP contribution in [-0.4, -0.2) is 53.5 Å². The Morgan fingerprint density at radius 3 is 2.54 bits per heavy atom. The van der Waals surface area contributed by atoms with Crippen LogP contribution in [0.5, 0.6) is 5.75 Å². The monoisotopic (exact) mass is 360 g/mol. The summed E-state index contributed by atoms with van der Waals surface area (Å²) in [4.78, 5) is 17.3. The molecule has 0 heterocycles. The van der Waals surface area contributed by atoms with Gasteiger partial charge in [-0.25, -0.2) is 0 Å². The molecule has 0 aliphatic heterocycles. The smallest absolute Gasteiger partial charge is 0.222 e. The minimum Gasteiger partial charge on any atom is -0.508 e. The lowest BCUT2D eigenvalue weighted by Crippen LogP contribution is -2.62. The number of fused-ring (bicyclic) bond motifs is 1. The van der Waals surface area contributed by atoms with E-state index >= 15 is 0 Å². The number of phenols is 1. The zero-order valence-corrected chi connectivity index (χ0v) is 17.5. The van der Waals surface area contributed by atoms with Crippen LogP contribution in [0, 0.1) is 5.92 Å². The van der Waals surface area contributed by atoms with Gasteiger partial charge in [0.2, 0.25) is 5.91 Å². The van der Waals surface area contributed by atoms with Gasteiger partial charge in [-0.3, -0.25) is 4.79 Å². The summed E-state index contributed by atoms with van der Waals surface area (Å²) in [7, 11) is 4.10. The van der Waals surface area contributed by atoms with Gasteiger partial charge in [-0.2, -0.15) is 0 Å². The van der Waals surface area contributed by atoms with Gasteiger partial charge in [0.05, 0.1) is 6.04 Å². The van der Waals surface area contributed by atoms with Gasteiger partial charge >= 0.3 is 0 Å². The van der Waals surface area contributed by atoms with Gasteiger partial charge in [0.1, 0.15) is 5.75 Å². The van der Waals surface area contributed by atoms with E-state index < -0.39 is 0 Å². The van der Waals surface area contributed by atoms with Crippen molar-refractivity contribution in [3.8, 4) is 5.75 Å². The molecule has 4 heteroatoms. The van der Waals surface area contributed by atoms with E-state index in [9.17, 15) is 9.90 Å². The fourth-order valence-electron chi connectivity index (χ4n) is 4.44. The molecule has 1 aliphatic rings. The predicted molar refractivity (Wildman–Crippen MR) is 108 cm³/mol. The van der Waals surface area contributed by atoms with E-state index in [1.54, 1.807) is 6.07 Å². The maximum absolute atomic E-state index is 12.9. The van der Waals surface area contributed by atoms with Crippen molar-refractivity contribution in [2.24, 2.45) is 5.92 Å². The minimum absolute atomic E-state index is 0.0708. The van der Waals surface area contributed by atoms with Crippen LogP contribution in [0.15, 0.2) is 18.2 Å². The summed E-state index contributed by atoms with van der Waals surface area (Å²) >= 11 is 0. The lowest BCUT2D eigenvalue weighted by Gasteiger charge is -2.51. The van der Waals surface area contributed by atoms with Crippen molar-refractivity contribution >= 4 is 5.91 Å². The number of amides is 1. The molecule has 146 valence electrons. The second-order valence-electron chi connectivity index (χ2n) is 8.79. The molecule has 26 heavy (non-hydrogen) atoms. The lowest BCUT2D eigenvalue weighted by molar-refractivity contribution is -0.135. The molecule has 1 aromatic carbocycles. The first-order chi connectivity index (χ1) is 12.1. The van der Waals surface area contributed by atoms with Crippen LogP contribution in [0.1, 0.15) is 58.6 Å². The first-order valence-electron chi connectivity index (χ1n) is 9.87. The Kier molecular flexibility index (Phi) is 6.38. The summed E-state index contributed by atoms with van der Waals surface area (Å²) < 4.78 is 0. The summed E-state index contributed by atoms with van der Waals surface area (Å²) in [5.74, 6) is 1.04. The highest BCUT2D eigenvalue weighted by molar-refractivity contribution is 5.76. The molecule has 0 saturated carbocycles. The first-order valence-corrected chi connectivity index (χ1v) is 9.87. The SMILES string of the molecule is CCN(C)[C@@H]1Cc2ccc(O)cc2C(C)(C)[C@H]1N(C)C(=O)CCC(C)C. The number of nitrogens with zero attached hydrogens (tertiary/aromatic N) is 2. The molecular weight excluding hydrogens is 324 g/mol. The van der Waals surface area contributed by atoms with E-state index in [1.807, 2.05) is 24.1 Å². The Hall–Kier alpha value is -1.55. The highest BCUT2D eigenvalue weighted by Gasteiger charge is 2.47. The third-order valence-corrected chi connectivity index (χ3v) is 6.13. The summed E-state index contributed by atoms with van der Waals surface area (Å²) in [6.45, 7) is 11.8. The molecule has 0 spiro atoms. The zero-order chi connectivity index (χ0) is 19.6. The number of aromatic hydroxyl groups is 1. The van der Waals surface area contributed by atoms with Crippen LogP contribution in [0.3, 0.4) is 0 Å². The molecule has 2 atom stereocenters. The van der Waals surface area contributed by atoms with E-state index in [0.29, 0.717) is 18.1 Å². The van der Waals surface area contributed by atoms with Crippen LogP contribution < -0.4 is 0 Å². The normalized spacial score (nSPS) is 21.7. The van der Waals surface area contributed by atoms with E-state index in [0.717, 1.165) is 24.9 Å². The fraction of sp³-hybridized carbons (Fsp3) is 0.682. The van der Waals surface area contributed by atoms with Crippen molar-refractivity contribution in [2.75, 3.05) is 20.6 Å². The first kappa shape index (κ1) is 20.8. The number of carbonyl (C=O) groups is 1. The quantitative estimate of drug-likeness (QED) is 0.839. The Bertz CT molecular complexity index is 639. The molecule has 0 bridgehead atoms. The Balaban J connectivity index is 2.43. The third kappa shape index (κ3) is 4.06. The Labute approximate surface area is 159 Å². The molecule has 0 aromatic heterocycles. The van der Waals surface area contributed by atoms with E-state index in [1.165, 1.54) is 5.56 Å². The van der Waals surface area contributed by atoms with Gasteiger partial charge < -0.3 is 14.9 Å². The van der Waals surface area contributed by atoms with Gasteiger partial charge in [0, 0.05) is 24.9 Å². The maximum atomic E-state index is 12.9. The van der Waals surface area contributed by atoms with Gasteiger partial charge in [0.15, 0.2) is 0 Å². The molecule has 1 aromatic rings. The Morgan fingerprint density at radius 2 is 1.96 bits per heavy atom. The molecule has 0 saturated heterocycles. The van der Waals surface area contributed by atoms with Crippen molar-refractivity contribution < 1.29 is 9.90 Å². The number of hydrogen-bond donors (Lipinski definition) is 1. The number of phenolic OH excluding ortho intramolecular Hbond substituents is 1. The summed E-state index contributed by atoms with van der Waals surface area (Å²) in [5, 5.41) is 10.0. The number of likely N-dealkylation sites (N-methyl/N-ethyl adjacent to an activating group) is 2. The van der Waals surface area contributed by atoms with Gasteiger partial charge in [-0.1, -0.05) is 40.7 Å². The highest BCUT2D eigenvalue weighted by Crippen LogP contribution is 2.42. The average Bonchev–Trinajstić information content (AvgIpc) is 2.58. The second kappa shape index (κ2) is 7.99. The van der Waals surface area contributed by atoms with E-state index in [4.69, 9.17) is 0 Å². The largest absolute Gasteiger partial charge is 0.508 e. The van der Waals surface area contributed by atoms with Crippen LogP contribution in [0.4, 0.5) is 0 Å². The highest BCUT2D eigenvalue weighted by atomic mass is 16.3. The molecule has 1 amide bonds. The van der Waals surface area contributed by atoms with Crippen LogP contribution in [-0.2, 0) is 16.6 Å². The standard InChI is InChI=1S/C22H36N2O2/c1-8-23(6)19-13-16-10-11-17(25)14-18(16)22(4,5)21(19)24(7)20(26)12-9-15(2)3/h10-11,14-15,19,21,25H,8-9,12-13H2,1-7H3/t19-,21+/m1/s1. The molecular formula is C22H36N2O2. The number of hydrogen-bond acceptors (Lipinski definition) is 3. The minimum atomic E-state index is -0.233. The lowest BCUT2D eigenvalue weighted by atomic mass is 9.66. The third-order valence-electron chi connectivity index (χ3n) is 6.13. The number of rotatable bonds is 6. The van der Waals surface area contributed by atoms with E-state index in [2.05, 4.69) is 46.6 Å². The van der Waals surface area contributed by atoms with Crippen molar-refractivity contribution in [1.29, 1.82) is 0 Å². The fourth-order valence-corrected chi connectivity index (χ4v) is 4.44. The Morgan fingerprint density at radius 1 is 1.31 bits per heavy atom. The maximum Gasteiger partial charge on any atom is 0.222 e. The predicted octanol–water partition coefficient (Wildman–Crippen LogP) is 3.81. The second-order valence-corrected chi connectivity index (χ2v) is 8.79. The summed E-state index contributed by atoms with van der Waals surface area (Å²) in [6.07, 6.45) is 2.41. The molecule has 0 fully saturated rings. The molecule has 1 aliphatic carbocycles. The van der Waals surface area contributed by atoms with Crippen LogP contribution >= 0.6 is 0 Å². The van der Waals surface area contributed by atoms with Crippen molar-refractivity contribution in [2.45, 2.75) is 71.4 Å². The van der Waals surface area contributed by atoms with Gasteiger partial charge in [-0.05, 0) is 55.6 Å². The van der Waals surface area contributed by atoms with Crippen LogP contribution in [0.2, 0.25) is 0 Å².